The van der Waals surface area contributed by atoms with Gasteiger partial charge in [0.1, 0.15) is 5.82 Å². The number of aromatic nitrogens is 4. The van der Waals surface area contributed by atoms with E-state index in [-0.39, 0.29) is 10.8 Å². The lowest BCUT2D eigenvalue weighted by molar-refractivity contribution is 0.575. The molecule has 0 bridgehead atoms. The van der Waals surface area contributed by atoms with Crippen molar-refractivity contribution in [2.45, 2.75) is 18.7 Å². The van der Waals surface area contributed by atoms with Crippen LogP contribution in [0.3, 0.4) is 0 Å². The van der Waals surface area contributed by atoms with Crippen molar-refractivity contribution in [2.75, 3.05) is 12.0 Å². The molecule has 102 valence electrons. The number of rotatable bonds is 4. The Morgan fingerprint density at radius 3 is 2.89 bits per heavy atom. The molecule has 2 unspecified atom stereocenters. The Morgan fingerprint density at radius 2 is 2.26 bits per heavy atom. The Hall–Kier alpha value is -1.83. The highest BCUT2D eigenvalue weighted by molar-refractivity contribution is 7.84. The maximum absolute atomic E-state index is 13.8. The van der Waals surface area contributed by atoms with E-state index in [2.05, 4.69) is 15.5 Å². The highest BCUT2D eigenvalue weighted by Crippen LogP contribution is 2.22. The van der Waals surface area contributed by atoms with E-state index in [0.29, 0.717) is 18.1 Å². The number of benzene rings is 1. The molecule has 1 aromatic heterocycles. The number of hydrogen-bond donors (Lipinski definition) is 1. The lowest BCUT2D eigenvalue weighted by Gasteiger charge is -2.10. The molecule has 2 aromatic rings. The third-order valence-corrected chi connectivity index (χ3v) is 4.04. The zero-order chi connectivity index (χ0) is 14.0. The van der Waals surface area contributed by atoms with Gasteiger partial charge in [0.2, 0.25) is 0 Å². The van der Waals surface area contributed by atoms with Crippen molar-refractivity contribution in [3.63, 3.8) is 0 Å². The van der Waals surface area contributed by atoms with Gasteiger partial charge in [-0.1, -0.05) is 0 Å². The van der Waals surface area contributed by atoms with Crippen LogP contribution in [0.25, 0.3) is 11.4 Å². The fourth-order valence-electron chi connectivity index (χ4n) is 1.58. The van der Waals surface area contributed by atoms with Crippen molar-refractivity contribution < 1.29 is 8.60 Å². The fraction of sp³-hybridized carbons (Fsp3) is 0.364. The standard InChI is InChI=1S/C11H14FN5OS/c1-7(19(2)18)6-17-11(14-15-16-17)9-4-3-8(13)5-10(9)12/h3-5,7H,6,13H2,1-2H3. The number of nitrogens with zero attached hydrogens (tertiary/aromatic N) is 4. The van der Waals surface area contributed by atoms with Gasteiger partial charge in [-0.25, -0.2) is 9.07 Å². The molecule has 0 saturated heterocycles. The minimum absolute atomic E-state index is 0.126. The molecule has 0 fully saturated rings. The molecule has 0 amide bonds. The Balaban J connectivity index is 2.36. The SMILES string of the molecule is CC(Cn1nnnc1-c1ccc(N)cc1F)S(C)=O. The van der Waals surface area contributed by atoms with E-state index < -0.39 is 16.6 Å². The summed E-state index contributed by atoms with van der Waals surface area (Å²) in [5.74, 6) is -0.184. The van der Waals surface area contributed by atoms with E-state index in [1.54, 1.807) is 12.3 Å². The monoisotopic (exact) mass is 283 g/mol. The van der Waals surface area contributed by atoms with Crippen LogP contribution in [-0.2, 0) is 17.3 Å². The molecule has 2 N–H and O–H groups in total. The van der Waals surface area contributed by atoms with Crippen molar-refractivity contribution in [3.8, 4) is 11.4 Å². The third kappa shape index (κ3) is 2.95. The summed E-state index contributed by atoms with van der Waals surface area (Å²) in [5, 5.41) is 11.0. The molecule has 2 rings (SSSR count). The predicted molar refractivity (Wildman–Crippen MR) is 71.2 cm³/mol. The molecule has 0 aliphatic rings. The number of tetrazole rings is 1. The molecule has 8 heteroatoms. The topological polar surface area (TPSA) is 86.7 Å². The summed E-state index contributed by atoms with van der Waals surface area (Å²) in [6, 6.07) is 4.33. The van der Waals surface area contributed by atoms with Crippen LogP contribution in [0, 0.1) is 5.82 Å². The molecule has 1 aromatic carbocycles. The van der Waals surface area contributed by atoms with Crippen molar-refractivity contribution in [2.24, 2.45) is 0 Å². The van der Waals surface area contributed by atoms with Crippen LogP contribution in [0.1, 0.15) is 6.92 Å². The number of nitrogens with two attached hydrogens (primary N) is 1. The normalized spacial score (nSPS) is 14.3. The van der Waals surface area contributed by atoms with Gasteiger partial charge in [-0.05, 0) is 35.5 Å². The van der Waals surface area contributed by atoms with Gasteiger partial charge >= 0.3 is 0 Å². The zero-order valence-electron chi connectivity index (χ0n) is 10.6. The minimum Gasteiger partial charge on any atom is -0.399 e. The van der Waals surface area contributed by atoms with Crippen molar-refractivity contribution >= 4 is 16.5 Å². The second-order valence-corrected chi connectivity index (χ2v) is 6.04. The molecular formula is C11H14FN5OS. The van der Waals surface area contributed by atoms with Crippen LogP contribution in [0.2, 0.25) is 0 Å². The van der Waals surface area contributed by atoms with E-state index in [4.69, 9.17) is 5.73 Å². The first-order valence-corrected chi connectivity index (χ1v) is 7.25. The van der Waals surface area contributed by atoms with Gasteiger partial charge in [-0.3, -0.25) is 4.21 Å². The van der Waals surface area contributed by atoms with Gasteiger partial charge in [0, 0.05) is 22.7 Å². The summed E-state index contributed by atoms with van der Waals surface area (Å²) in [6.07, 6.45) is 1.61. The lowest BCUT2D eigenvalue weighted by atomic mass is 10.2. The lowest BCUT2D eigenvalue weighted by Crippen LogP contribution is -2.19. The Bertz CT molecular complexity index is 615. The number of nitrogen functional groups attached to an aromatic ring is 1. The zero-order valence-corrected chi connectivity index (χ0v) is 11.4. The maximum Gasteiger partial charge on any atom is 0.185 e. The van der Waals surface area contributed by atoms with E-state index in [0.717, 1.165) is 0 Å². The van der Waals surface area contributed by atoms with Crippen molar-refractivity contribution in [1.82, 2.24) is 20.2 Å². The van der Waals surface area contributed by atoms with Gasteiger partial charge in [0.15, 0.2) is 5.82 Å². The molecule has 6 nitrogen and oxygen atoms in total. The fourth-order valence-corrected chi connectivity index (χ4v) is 1.93. The van der Waals surface area contributed by atoms with E-state index in [9.17, 15) is 8.60 Å². The first-order chi connectivity index (χ1) is 8.99. The second kappa shape index (κ2) is 5.43. The second-order valence-electron chi connectivity index (χ2n) is 4.23. The Labute approximate surface area is 112 Å². The molecule has 2 atom stereocenters. The van der Waals surface area contributed by atoms with E-state index in [1.807, 2.05) is 6.92 Å². The molecule has 0 spiro atoms. The van der Waals surface area contributed by atoms with Gasteiger partial charge in [0.05, 0.1) is 17.4 Å². The average Bonchev–Trinajstić information content (AvgIpc) is 2.77. The molecule has 0 saturated carbocycles. The molecule has 19 heavy (non-hydrogen) atoms. The van der Waals surface area contributed by atoms with Crippen molar-refractivity contribution in [1.29, 1.82) is 0 Å². The quantitative estimate of drug-likeness (QED) is 0.840. The van der Waals surface area contributed by atoms with Crippen LogP contribution >= 0.6 is 0 Å². The summed E-state index contributed by atoms with van der Waals surface area (Å²) in [6.45, 7) is 2.18. The maximum atomic E-state index is 13.8. The first-order valence-electron chi connectivity index (χ1n) is 5.63. The number of halogens is 1. The van der Waals surface area contributed by atoms with Gasteiger partial charge in [0.25, 0.3) is 0 Å². The molecule has 0 aliphatic carbocycles. The van der Waals surface area contributed by atoms with Crippen LogP contribution < -0.4 is 5.73 Å². The minimum atomic E-state index is -0.999. The van der Waals surface area contributed by atoms with Crippen LogP contribution in [0.15, 0.2) is 18.2 Å². The highest BCUT2D eigenvalue weighted by atomic mass is 32.2. The molecular weight excluding hydrogens is 269 g/mol. The largest absolute Gasteiger partial charge is 0.399 e. The first kappa shape index (κ1) is 13.6. The number of hydrogen-bond acceptors (Lipinski definition) is 5. The summed E-state index contributed by atoms with van der Waals surface area (Å²) < 4.78 is 26.7. The third-order valence-electron chi connectivity index (χ3n) is 2.76. The number of anilines is 1. The van der Waals surface area contributed by atoms with E-state index >= 15 is 0 Å². The van der Waals surface area contributed by atoms with Gasteiger partial charge in [-0.15, -0.1) is 5.10 Å². The summed E-state index contributed by atoms with van der Waals surface area (Å²) in [5.41, 5.74) is 6.11. The van der Waals surface area contributed by atoms with Gasteiger partial charge in [-0.2, -0.15) is 0 Å². The van der Waals surface area contributed by atoms with Crippen LogP contribution in [0.5, 0.6) is 0 Å². The predicted octanol–water partition coefficient (Wildman–Crippen LogP) is 0.828. The highest BCUT2D eigenvalue weighted by Gasteiger charge is 2.16. The molecule has 1 heterocycles. The van der Waals surface area contributed by atoms with Gasteiger partial charge < -0.3 is 5.73 Å². The summed E-state index contributed by atoms with van der Waals surface area (Å²) in [4.78, 5) is 0. The van der Waals surface area contributed by atoms with Crippen LogP contribution in [-0.4, -0.2) is 35.9 Å². The average molecular weight is 283 g/mol. The smallest absolute Gasteiger partial charge is 0.185 e. The van der Waals surface area contributed by atoms with Crippen molar-refractivity contribution in [3.05, 3.63) is 24.0 Å². The van der Waals surface area contributed by atoms with Crippen LogP contribution in [0.4, 0.5) is 10.1 Å². The molecule has 0 radical (unpaired) electrons. The summed E-state index contributed by atoms with van der Waals surface area (Å²) >= 11 is 0. The van der Waals surface area contributed by atoms with E-state index in [1.165, 1.54) is 16.8 Å². The Kier molecular flexibility index (Phi) is 3.89. The Morgan fingerprint density at radius 1 is 1.53 bits per heavy atom. The summed E-state index contributed by atoms with van der Waals surface area (Å²) in [7, 11) is -0.999. The molecule has 0 aliphatic heterocycles.